The van der Waals surface area contributed by atoms with Crippen molar-refractivity contribution >= 4 is 27.6 Å². The summed E-state index contributed by atoms with van der Waals surface area (Å²) in [6.07, 6.45) is 0.710. The summed E-state index contributed by atoms with van der Waals surface area (Å²) in [7, 11) is -2.65. The van der Waals surface area contributed by atoms with E-state index in [0.29, 0.717) is 12.8 Å². The zero-order chi connectivity index (χ0) is 15.6. The second kappa shape index (κ2) is 6.29. The summed E-state index contributed by atoms with van der Waals surface area (Å²) in [6.45, 7) is 0.294. The Kier molecular flexibility index (Phi) is 4.85. The fourth-order valence-corrected chi connectivity index (χ4v) is 4.11. The molecule has 0 aromatic heterocycles. The summed E-state index contributed by atoms with van der Waals surface area (Å²) in [6, 6.07) is 3.86. The Hall–Kier alpha value is -1.18. The maximum Gasteiger partial charge on any atom is 0.308 e. The summed E-state index contributed by atoms with van der Waals surface area (Å²) in [4.78, 5) is 11.0. The molecule has 1 fully saturated rings. The highest BCUT2D eigenvalue weighted by molar-refractivity contribution is 7.89. The molecule has 8 heteroatoms. The first-order valence-electron chi connectivity index (χ1n) is 6.40. The van der Waals surface area contributed by atoms with Gasteiger partial charge in [-0.15, -0.1) is 0 Å². The number of piperidine rings is 1. The maximum absolute atomic E-state index is 13.9. The number of hydrogen-bond acceptors (Lipinski definition) is 4. The summed E-state index contributed by atoms with van der Waals surface area (Å²) in [5, 5.41) is -0.236. The van der Waals surface area contributed by atoms with Crippen LogP contribution in [-0.2, 0) is 19.6 Å². The second-order valence-corrected chi connectivity index (χ2v) is 7.07. The molecule has 1 aromatic carbocycles. The van der Waals surface area contributed by atoms with E-state index >= 15 is 0 Å². The van der Waals surface area contributed by atoms with Crippen LogP contribution in [0.15, 0.2) is 23.1 Å². The summed E-state index contributed by atoms with van der Waals surface area (Å²) in [5.74, 6) is -1.61. The number of methoxy groups -OCH3 is 1. The molecular formula is C13H15ClFNO4S. The quantitative estimate of drug-likeness (QED) is 0.793. The van der Waals surface area contributed by atoms with E-state index in [9.17, 15) is 17.6 Å². The molecule has 1 aliphatic rings. The molecule has 21 heavy (non-hydrogen) atoms. The minimum Gasteiger partial charge on any atom is -0.469 e. The van der Waals surface area contributed by atoms with Gasteiger partial charge in [-0.25, -0.2) is 12.8 Å². The maximum atomic E-state index is 13.9. The van der Waals surface area contributed by atoms with E-state index in [2.05, 4.69) is 4.74 Å². The van der Waals surface area contributed by atoms with Gasteiger partial charge in [-0.2, -0.15) is 4.31 Å². The van der Waals surface area contributed by atoms with Gasteiger partial charge in [0.05, 0.1) is 18.1 Å². The smallest absolute Gasteiger partial charge is 0.308 e. The van der Waals surface area contributed by atoms with Crippen LogP contribution in [0.2, 0.25) is 5.02 Å². The number of rotatable bonds is 3. The van der Waals surface area contributed by atoms with Crippen molar-refractivity contribution in [3.05, 3.63) is 29.0 Å². The van der Waals surface area contributed by atoms with E-state index in [-0.39, 0.29) is 30.0 Å². The van der Waals surface area contributed by atoms with E-state index in [1.54, 1.807) is 0 Å². The zero-order valence-electron chi connectivity index (χ0n) is 11.4. The fraction of sp³-hybridized carbons (Fsp3) is 0.462. The molecule has 0 atom stereocenters. The SMILES string of the molecule is COC(=O)C1CCN(S(=O)(=O)c2cccc(Cl)c2F)CC1. The number of sulfonamides is 1. The molecular weight excluding hydrogens is 321 g/mol. The van der Waals surface area contributed by atoms with E-state index in [4.69, 9.17) is 11.6 Å². The molecule has 0 spiro atoms. The summed E-state index contributed by atoms with van der Waals surface area (Å²) in [5.41, 5.74) is 0. The van der Waals surface area contributed by atoms with Crippen LogP contribution in [0.1, 0.15) is 12.8 Å². The van der Waals surface area contributed by atoms with Crippen LogP contribution < -0.4 is 0 Å². The van der Waals surface area contributed by atoms with Gasteiger partial charge in [0.2, 0.25) is 10.0 Å². The number of ether oxygens (including phenoxy) is 1. The number of esters is 1. The van der Waals surface area contributed by atoms with Crippen LogP contribution in [0, 0.1) is 11.7 Å². The molecule has 0 saturated carbocycles. The standard InChI is InChI=1S/C13H15ClFNO4S/c1-20-13(17)9-5-7-16(8-6-9)21(18,19)11-4-2-3-10(14)12(11)15/h2-4,9H,5-8H2,1H3. The van der Waals surface area contributed by atoms with Crippen LogP contribution in [0.3, 0.4) is 0 Å². The molecule has 0 bridgehead atoms. The van der Waals surface area contributed by atoms with Gasteiger partial charge in [0.15, 0.2) is 5.82 Å². The number of nitrogens with zero attached hydrogens (tertiary/aromatic N) is 1. The van der Waals surface area contributed by atoms with Crippen LogP contribution >= 0.6 is 11.6 Å². The van der Waals surface area contributed by atoms with Crippen molar-refractivity contribution in [3.8, 4) is 0 Å². The molecule has 0 amide bonds. The highest BCUT2D eigenvalue weighted by Crippen LogP contribution is 2.28. The first-order valence-corrected chi connectivity index (χ1v) is 8.21. The average molecular weight is 336 g/mol. The number of benzene rings is 1. The highest BCUT2D eigenvalue weighted by atomic mass is 35.5. The lowest BCUT2D eigenvalue weighted by molar-refractivity contribution is -0.146. The summed E-state index contributed by atoms with van der Waals surface area (Å²) >= 11 is 5.62. The Morgan fingerprint density at radius 3 is 2.57 bits per heavy atom. The molecule has 1 aliphatic heterocycles. The number of halogens is 2. The molecule has 0 N–H and O–H groups in total. The Morgan fingerprint density at radius 2 is 2.00 bits per heavy atom. The van der Waals surface area contributed by atoms with Crippen LogP contribution in [-0.4, -0.2) is 38.9 Å². The van der Waals surface area contributed by atoms with Gasteiger partial charge < -0.3 is 4.74 Å². The lowest BCUT2D eigenvalue weighted by Crippen LogP contribution is -2.40. The van der Waals surface area contributed by atoms with E-state index in [0.717, 1.165) is 0 Å². The molecule has 116 valence electrons. The average Bonchev–Trinajstić information content (AvgIpc) is 2.49. The topological polar surface area (TPSA) is 63.7 Å². The monoisotopic (exact) mass is 335 g/mol. The molecule has 1 aromatic rings. The molecule has 1 saturated heterocycles. The summed E-state index contributed by atoms with van der Waals surface area (Å²) < 4.78 is 44.5. The van der Waals surface area contributed by atoms with Crippen LogP contribution in [0.4, 0.5) is 4.39 Å². The Balaban J connectivity index is 2.19. The number of carbonyl (C=O) groups excluding carboxylic acids is 1. The highest BCUT2D eigenvalue weighted by Gasteiger charge is 2.34. The van der Waals surface area contributed by atoms with Crippen molar-refractivity contribution < 1.29 is 22.3 Å². The first-order chi connectivity index (χ1) is 9.87. The number of carbonyl (C=O) groups is 1. The second-order valence-electron chi connectivity index (χ2n) is 4.75. The van der Waals surface area contributed by atoms with Gasteiger partial charge in [-0.1, -0.05) is 17.7 Å². The molecule has 0 aliphatic carbocycles. The van der Waals surface area contributed by atoms with E-state index in [1.165, 1.54) is 29.6 Å². The zero-order valence-corrected chi connectivity index (χ0v) is 13.0. The predicted molar refractivity (Wildman–Crippen MR) is 74.9 cm³/mol. The van der Waals surface area contributed by atoms with Crippen molar-refractivity contribution in [1.29, 1.82) is 0 Å². The fourth-order valence-electron chi connectivity index (χ4n) is 2.32. The van der Waals surface area contributed by atoms with Gasteiger partial charge in [0.1, 0.15) is 4.90 Å². The third-order valence-electron chi connectivity index (χ3n) is 3.52. The van der Waals surface area contributed by atoms with Crippen molar-refractivity contribution in [2.45, 2.75) is 17.7 Å². The van der Waals surface area contributed by atoms with Crippen molar-refractivity contribution in [2.75, 3.05) is 20.2 Å². The van der Waals surface area contributed by atoms with Gasteiger partial charge in [0, 0.05) is 13.1 Å². The largest absolute Gasteiger partial charge is 0.469 e. The van der Waals surface area contributed by atoms with E-state index < -0.39 is 20.7 Å². The van der Waals surface area contributed by atoms with Gasteiger partial charge in [-0.3, -0.25) is 4.79 Å². The van der Waals surface area contributed by atoms with Crippen molar-refractivity contribution in [2.24, 2.45) is 5.92 Å². The van der Waals surface area contributed by atoms with Crippen LogP contribution in [0.25, 0.3) is 0 Å². The van der Waals surface area contributed by atoms with Crippen molar-refractivity contribution in [1.82, 2.24) is 4.31 Å². The van der Waals surface area contributed by atoms with Crippen LogP contribution in [0.5, 0.6) is 0 Å². The normalized spacial score (nSPS) is 17.7. The van der Waals surface area contributed by atoms with Crippen molar-refractivity contribution in [3.63, 3.8) is 0 Å². The minimum absolute atomic E-state index is 0.147. The first kappa shape index (κ1) is 16.2. The Bertz CT molecular complexity index is 642. The molecule has 0 unspecified atom stereocenters. The molecule has 5 nitrogen and oxygen atoms in total. The number of hydrogen-bond donors (Lipinski definition) is 0. The van der Waals surface area contributed by atoms with Gasteiger partial charge >= 0.3 is 5.97 Å². The molecule has 1 heterocycles. The minimum atomic E-state index is -3.95. The lowest BCUT2D eigenvalue weighted by Gasteiger charge is -2.29. The Labute approximate surface area is 127 Å². The Morgan fingerprint density at radius 1 is 1.38 bits per heavy atom. The van der Waals surface area contributed by atoms with Gasteiger partial charge in [-0.05, 0) is 25.0 Å². The van der Waals surface area contributed by atoms with E-state index in [1.807, 2.05) is 0 Å². The third kappa shape index (κ3) is 3.20. The van der Waals surface area contributed by atoms with Gasteiger partial charge in [0.25, 0.3) is 0 Å². The third-order valence-corrected chi connectivity index (χ3v) is 5.73. The molecule has 2 rings (SSSR count). The predicted octanol–water partition coefficient (Wildman–Crippen LogP) is 2.05. The lowest BCUT2D eigenvalue weighted by atomic mass is 9.99. The molecule has 0 radical (unpaired) electrons.